The molecule has 7 heteroatoms. The summed E-state index contributed by atoms with van der Waals surface area (Å²) in [4.78, 5) is 14.7. The molecule has 0 spiro atoms. The van der Waals surface area contributed by atoms with E-state index in [-0.39, 0.29) is 12.6 Å². The highest BCUT2D eigenvalue weighted by Gasteiger charge is 2.11. The number of ether oxygens (including phenoxy) is 1. The Balaban J connectivity index is 1.33. The quantitative estimate of drug-likeness (QED) is 0.562. The van der Waals surface area contributed by atoms with Crippen molar-refractivity contribution in [1.82, 2.24) is 14.8 Å². The highest BCUT2D eigenvalue weighted by atomic mass is 16.5. The first-order valence-electron chi connectivity index (χ1n) is 10.3. The van der Waals surface area contributed by atoms with E-state index in [1.807, 2.05) is 42.5 Å². The topological polar surface area (TPSA) is 78.8 Å². The molecule has 0 aliphatic carbocycles. The fraction of sp³-hybridized carbons (Fsp3) is 0.348. The van der Waals surface area contributed by atoms with Crippen molar-refractivity contribution in [2.45, 2.75) is 19.7 Å². The minimum atomic E-state index is -0.270. The summed E-state index contributed by atoms with van der Waals surface area (Å²) < 4.78 is 7.66. The van der Waals surface area contributed by atoms with E-state index < -0.39 is 0 Å². The van der Waals surface area contributed by atoms with Crippen LogP contribution in [0.15, 0.2) is 54.7 Å². The molecule has 1 saturated heterocycles. The number of carbonyl (C=O) groups is 1. The lowest BCUT2D eigenvalue weighted by Crippen LogP contribution is -2.38. The molecule has 2 heterocycles. The van der Waals surface area contributed by atoms with Crippen LogP contribution in [-0.4, -0.2) is 53.5 Å². The number of benzene rings is 2. The number of nitrogens with one attached hydrogen (secondary N) is 2. The fourth-order valence-electron chi connectivity index (χ4n) is 3.78. The Morgan fingerprint density at radius 3 is 2.63 bits per heavy atom. The van der Waals surface area contributed by atoms with Gasteiger partial charge in [-0.05, 0) is 35.4 Å². The lowest BCUT2D eigenvalue weighted by atomic mass is 10.1. The van der Waals surface area contributed by atoms with Crippen molar-refractivity contribution >= 4 is 22.6 Å². The number of morpholine rings is 1. The van der Waals surface area contributed by atoms with Gasteiger partial charge >= 0.3 is 6.03 Å². The number of aromatic nitrogens is 1. The number of fused-ring (bicyclic) bond motifs is 1. The van der Waals surface area contributed by atoms with E-state index >= 15 is 0 Å². The van der Waals surface area contributed by atoms with E-state index in [2.05, 4.69) is 32.4 Å². The summed E-state index contributed by atoms with van der Waals surface area (Å²) in [5.74, 6) is 0. The smallest absolute Gasteiger partial charge is 0.319 e. The fourth-order valence-corrected chi connectivity index (χ4v) is 3.78. The average Bonchev–Trinajstić information content (AvgIpc) is 3.19. The summed E-state index contributed by atoms with van der Waals surface area (Å²) in [5.41, 5.74) is 3.63. The van der Waals surface area contributed by atoms with Crippen LogP contribution >= 0.6 is 0 Å². The molecule has 3 N–H and O–H groups in total. The number of anilines is 1. The summed E-state index contributed by atoms with van der Waals surface area (Å²) in [6.45, 7) is 5.87. The lowest BCUT2D eigenvalue weighted by molar-refractivity contribution is 0.0365. The maximum absolute atomic E-state index is 12.3. The van der Waals surface area contributed by atoms with Crippen molar-refractivity contribution < 1.29 is 14.6 Å². The average molecular weight is 409 g/mol. The van der Waals surface area contributed by atoms with Gasteiger partial charge < -0.3 is 25.0 Å². The monoisotopic (exact) mass is 408 g/mol. The number of carbonyl (C=O) groups excluding carboxylic acids is 1. The Bertz CT molecular complexity index is 995. The van der Waals surface area contributed by atoms with Crippen LogP contribution in [0.3, 0.4) is 0 Å². The number of rotatable bonds is 7. The van der Waals surface area contributed by atoms with Gasteiger partial charge in [0.15, 0.2) is 0 Å². The van der Waals surface area contributed by atoms with Gasteiger partial charge in [-0.2, -0.15) is 0 Å². The van der Waals surface area contributed by atoms with Gasteiger partial charge in [0, 0.05) is 55.5 Å². The van der Waals surface area contributed by atoms with E-state index in [0.717, 1.165) is 67.1 Å². The van der Waals surface area contributed by atoms with Gasteiger partial charge in [-0.15, -0.1) is 0 Å². The number of aliphatic hydroxyl groups is 1. The van der Waals surface area contributed by atoms with E-state index in [1.165, 1.54) is 0 Å². The summed E-state index contributed by atoms with van der Waals surface area (Å²) in [7, 11) is 0. The minimum Gasteiger partial charge on any atom is -0.392 e. The van der Waals surface area contributed by atoms with Crippen LogP contribution < -0.4 is 10.6 Å². The number of hydrogen-bond acceptors (Lipinski definition) is 4. The molecule has 158 valence electrons. The van der Waals surface area contributed by atoms with Crippen LogP contribution in [0, 0.1) is 0 Å². The zero-order valence-electron chi connectivity index (χ0n) is 17.0. The molecular weight excluding hydrogens is 380 g/mol. The molecule has 2 amide bonds. The Morgan fingerprint density at radius 2 is 1.83 bits per heavy atom. The second-order valence-electron chi connectivity index (χ2n) is 7.47. The standard InChI is InChI=1S/C23H28N4O3/c28-17-20-4-2-1-3-19(20)16-24-23(29)25-21-5-6-22-18(15-21)7-8-27(22)10-9-26-11-13-30-14-12-26/h1-8,15,28H,9-14,16-17H2,(H2,24,25,29). The molecule has 30 heavy (non-hydrogen) atoms. The summed E-state index contributed by atoms with van der Waals surface area (Å²) in [6.07, 6.45) is 2.10. The van der Waals surface area contributed by atoms with Gasteiger partial charge in [-0.25, -0.2) is 4.79 Å². The molecular formula is C23H28N4O3. The zero-order valence-corrected chi connectivity index (χ0v) is 17.0. The van der Waals surface area contributed by atoms with Gasteiger partial charge in [0.1, 0.15) is 0 Å². The largest absolute Gasteiger partial charge is 0.392 e. The SMILES string of the molecule is O=C(NCc1ccccc1CO)Nc1ccc2c(ccn2CCN2CCOCC2)c1. The van der Waals surface area contributed by atoms with Crippen LogP contribution in [0.4, 0.5) is 10.5 Å². The third-order valence-corrected chi connectivity index (χ3v) is 5.52. The maximum Gasteiger partial charge on any atom is 0.319 e. The molecule has 0 unspecified atom stereocenters. The second-order valence-corrected chi connectivity index (χ2v) is 7.47. The second kappa shape index (κ2) is 9.75. The predicted octanol–water partition coefficient (Wildman–Crippen LogP) is 2.79. The van der Waals surface area contributed by atoms with Crippen molar-refractivity contribution in [3.05, 3.63) is 65.9 Å². The van der Waals surface area contributed by atoms with Crippen molar-refractivity contribution in [3.8, 4) is 0 Å². The van der Waals surface area contributed by atoms with Gasteiger partial charge in [0.25, 0.3) is 0 Å². The van der Waals surface area contributed by atoms with Crippen molar-refractivity contribution in [2.75, 3.05) is 38.2 Å². The van der Waals surface area contributed by atoms with Crippen LogP contribution in [0.5, 0.6) is 0 Å². The van der Waals surface area contributed by atoms with E-state index in [9.17, 15) is 9.90 Å². The van der Waals surface area contributed by atoms with Crippen LogP contribution in [-0.2, 0) is 24.4 Å². The highest BCUT2D eigenvalue weighted by Crippen LogP contribution is 2.21. The molecule has 4 rings (SSSR count). The Labute approximate surface area is 176 Å². The molecule has 3 aromatic rings. The Kier molecular flexibility index (Phi) is 6.63. The summed E-state index contributed by atoms with van der Waals surface area (Å²) in [5, 5.41) is 16.2. The first kappa shape index (κ1) is 20.4. The molecule has 7 nitrogen and oxygen atoms in total. The lowest BCUT2D eigenvalue weighted by Gasteiger charge is -2.26. The number of amides is 2. The number of urea groups is 1. The Morgan fingerprint density at radius 1 is 1.03 bits per heavy atom. The van der Waals surface area contributed by atoms with Gasteiger partial charge in [0.2, 0.25) is 0 Å². The summed E-state index contributed by atoms with van der Waals surface area (Å²) in [6, 6.07) is 15.3. The Hall–Kier alpha value is -2.87. The van der Waals surface area contributed by atoms with Gasteiger partial charge in [0.05, 0.1) is 19.8 Å². The highest BCUT2D eigenvalue weighted by molar-refractivity contribution is 5.92. The van der Waals surface area contributed by atoms with Crippen molar-refractivity contribution in [1.29, 1.82) is 0 Å². The molecule has 2 aromatic carbocycles. The molecule has 1 aliphatic heterocycles. The van der Waals surface area contributed by atoms with Crippen LogP contribution in [0.2, 0.25) is 0 Å². The van der Waals surface area contributed by atoms with E-state index in [0.29, 0.717) is 6.54 Å². The minimum absolute atomic E-state index is 0.0430. The molecule has 0 saturated carbocycles. The van der Waals surface area contributed by atoms with Gasteiger partial charge in [-0.3, -0.25) is 4.90 Å². The van der Waals surface area contributed by atoms with Crippen molar-refractivity contribution in [2.24, 2.45) is 0 Å². The normalized spacial score (nSPS) is 14.7. The summed E-state index contributed by atoms with van der Waals surface area (Å²) >= 11 is 0. The zero-order chi connectivity index (χ0) is 20.8. The number of aliphatic hydroxyl groups excluding tert-OH is 1. The first-order valence-corrected chi connectivity index (χ1v) is 10.3. The predicted molar refractivity (Wildman–Crippen MR) is 117 cm³/mol. The van der Waals surface area contributed by atoms with Crippen LogP contribution in [0.1, 0.15) is 11.1 Å². The number of nitrogens with zero attached hydrogens (tertiary/aromatic N) is 2. The third-order valence-electron chi connectivity index (χ3n) is 5.52. The maximum atomic E-state index is 12.3. The number of hydrogen-bond donors (Lipinski definition) is 3. The molecule has 1 aromatic heterocycles. The van der Waals surface area contributed by atoms with Gasteiger partial charge in [-0.1, -0.05) is 24.3 Å². The van der Waals surface area contributed by atoms with E-state index in [4.69, 9.17) is 4.74 Å². The molecule has 1 aliphatic rings. The third kappa shape index (κ3) is 4.99. The molecule has 0 bridgehead atoms. The van der Waals surface area contributed by atoms with E-state index in [1.54, 1.807) is 0 Å². The van der Waals surface area contributed by atoms with Crippen molar-refractivity contribution in [3.63, 3.8) is 0 Å². The van der Waals surface area contributed by atoms with Crippen LogP contribution in [0.25, 0.3) is 10.9 Å². The molecule has 1 fully saturated rings. The molecule has 0 atom stereocenters. The molecule has 0 radical (unpaired) electrons. The first-order chi connectivity index (χ1) is 14.7.